The number of aromatic nitrogens is 5. The van der Waals surface area contributed by atoms with Crippen molar-refractivity contribution in [2.75, 3.05) is 0 Å². The lowest BCUT2D eigenvalue weighted by Crippen LogP contribution is -2.41. The van der Waals surface area contributed by atoms with Crippen LogP contribution in [0.4, 0.5) is 0 Å². The molecular weight excluding hydrogens is 320 g/mol. The van der Waals surface area contributed by atoms with Crippen LogP contribution in [0.5, 0.6) is 0 Å². The zero-order valence-corrected chi connectivity index (χ0v) is 14.1. The first-order valence-corrected chi connectivity index (χ1v) is 8.20. The van der Waals surface area contributed by atoms with E-state index in [-0.39, 0.29) is 11.9 Å². The van der Waals surface area contributed by atoms with E-state index in [0.29, 0.717) is 23.8 Å². The standard InChI is InChI=1S/C17H18N6O2/c1-10-18-17(25-22-10)13-5-3-12(4-6-13)16(24)19-14-7-8-15-21-20-11(2)23(15)9-14/h3-6,14H,7-9H2,1-2H3,(H,19,24)/t14-/m0/s1. The van der Waals surface area contributed by atoms with Gasteiger partial charge >= 0.3 is 0 Å². The molecule has 0 bridgehead atoms. The van der Waals surface area contributed by atoms with Gasteiger partial charge in [0.15, 0.2) is 5.82 Å². The van der Waals surface area contributed by atoms with Crippen LogP contribution >= 0.6 is 0 Å². The van der Waals surface area contributed by atoms with Crippen LogP contribution in [0, 0.1) is 13.8 Å². The van der Waals surface area contributed by atoms with E-state index >= 15 is 0 Å². The van der Waals surface area contributed by atoms with Crippen molar-refractivity contribution in [3.05, 3.63) is 47.3 Å². The Labute approximate surface area is 144 Å². The summed E-state index contributed by atoms with van der Waals surface area (Å²) in [4.78, 5) is 16.7. The second-order valence-electron chi connectivity index (χ2n) is 6.21. The van der Waals surface area contributed by atoms with Crippen LogP contribution in [0.3, 0.4) is 0 Å². The molecule has 1 atom stereocenters. The fraction of sp³-hybridized carbons (Fsp3) is 0.353. The summed E-state index contributed by atoms with van der Waals surface area (Å²) in [6.07, 6.45) is 1.68. The predicted octanol–water partition coefficient (Wildman–Crippen LogP) is 1.69. The molecule has 0 saturated carbocycles. The van der Waals surface area contributed by atoms with Gasteiger partial charge in [-0.15, -0.1) is 10.2 Å². The number of carbonyl (C=O) groups is 1. The van der Waals surface area contributed by atoms with Crippen LogP contribution in [0.1, 0.15) is 34.3 Å². The molecule has 0 spiro atoms. The van der Waals surface area contributed by atoms with E-state index < -0.39 is 0 Å². The van der Waals surface area contributed by atoms with Crippen molar-refractivity contribution in [1.29, 1.82) is 0 Å². The van der Waals surface area contributed by atoms with E-state index in [1.165, 1.54) is 0 Å². The maximum atomic E-state index is 12.5. The van der Waals surface area contributed by atoms with Crippen molar-refractivity contribution in [2.45, 2.75) is 39.3 Å². The Morgan fingerprint density at radius 1 is 1.24 bits per heavy atom. The molecule has 0 saturated heterocycles. The summed E-state index contributed by atoms with van der Waals surface area (Å²) in [5.41, 5.74) is 1.39. The van der Waals surface area contributed by atoms with Crippen molar-refractivity contribution in [3.63, 3.8) is 0 Å². The van der Waals surface area contributed by atoms with Gasteiger partial charge in [-0.25, -0.2) is 0 Å². The van der Waals surface area contributed by atoms with Crippen molar-refractivity contribution in [3.8, 4) is 11.5 Å². The lowest BCUT2D eigenvalue weighted by Gasteiger charge is -2.24. The zero-order valence-electron chi connectivity index (χ0n) is 14.1. The second-order valence-corrected chi connectivity index (χ2v) is 6.21. The third-order valence-corrected chi connectivity index (χ3v) is 4.39. The number of benzene rings is 1. The number of hydrogen-bond acceptors (Lipinski definition) is 6. The van der Waals surface area contributed by atoms with Gasteiger partial charge in [-0.2, -0.15) is 4.98 Å². The lowest BCUT2D eigenvalue weighted by atomic mass is 10.1. The SMILES string of the molecule is Cc1noc(-c2ccc(C(=O)N[C@H]3CCc4nnc(C)n4C3)cc2)n1. The Balaban J connectivity index is 1.44. The van der Waals surface area contributed by atoms with Gasteiger partial charge in [0, 0.05) is 30.1 Å². The highest BCUT2D eigenvalue weighted by Gasteiger charge is 2.23. The topological polar surface area (TPSA) is 98.7 Å². The Kier molecular flexibility index (Phi) is 3.79. The Morgan fingerprint density at radius 2 is 2.04 bits per heavy atom. The number of aryl methyl sites for hydroxylation is 3. The first kappa shape index (κ1) is 15.5. The first-order valence-electron chi connectivity index (χ1n) is 8.20. The molecule has 8 nitrogen and oxygen atoms in total. The molecule has 2 aromatic heterocycles. The number of rotatable bonds is 3. The number of nitrogens with one attached hydrogen (secondary N) is 1. The minimum absolute atomic E-state index is 0.0768. The van der Waals surface area contributed by atoms with E-state index in [9.17, 15) is 4.79 Å². The Bertz CT molecular complexity index is 912. The van der Waals surface area contributed by atoms with Gasteiger partial charge in [0.2, 0.25) is 0 Å². The van der Waals surface area contributed by atoms with Crippen molar-refractivity contribution in [2.24, 2.45) is 0 Å². The van der Waals surface area contributed by atoms with Crippen LogP contribution in [0.15, 0.2) is 28.8 Å². The van der Waals surface area contributed by atoms with Gasteiger partial charge in [0.25, 0.3) is 11.8 Å². The van der Waals surface area contributed by atoms with Gasteiger partial charge in [-0.1, -0.05) is 5.16 Å². The van der Waals surface area contributed by atoms with Crippen molar-refractivity contribution < 1.29 is 9.32 Å². The molecule has 25 heavy (non-hydrogen) atoms. The maximum Gasteiger partial charge on any atom is 0.257 e. The van der Waals surface area contributed by atoms with E-state index in [2.05, 4.69) is 30.2 Å². The van der Waals surface area contributed by atoms with Gasteiger partial charge in [-0.3, -0.25) is 4.79 Å². The average Bonchev–Trinajstić information content (AvgIpc) is 3.21. The van der Waals surface area contributed by atoms with Gasteiger partial charge in [0.1, 0.15) is 11.6 Å². The van der Waals surface area contributed by atoms with Gasteiger partial charge in [-0.05, 0) is 44.5 Å². The molecule has 0 unspecified atom stereocenters. The number of amides is 1. The highest BCUT2D eigenvalue weighted by molar-refractivity contribution is 5.94. The molecular formula is C17H18N6O2. The van der Waals surface area contributed by atoms with Crippen LogP contribution in [-0.2, 0) is 13.0 Å². The van der Waals surface area contributed by atoms with Gasteiger partial charge < -0.3 is 14.4 Å². The number of carbonyl (C=O) groups excluding carboxylic acids is 1. The molecule has 4 rings (SSSR count). The summed E-state index contributed by atoms with van der Waals surface area (Å²) in [5, 5.41) is 15.1. The molecule has 3 heterocycles. The molecule has 0 fully saturated rings. The maximum absolute atomic E-state index is 12.5. The second kappa shape index (κ2) is 6.12. The minimum atomic E-state index is -0.0903. The zero-order chi connectivity index (χ0) is 17.4. The fourth-order valence-corrected chi connectivity index (χ4v) is 3.03. The fourth-order valence-electron chi connectivity index (χ4n) is 3.03. The normalized spacial score (nSPS) is 16.5. The van der Waals surface area contributed by atoms with Crippen molar-refractivity contribution in [1.82, 2.24) is 30.2 Å². The molecule has 128 valence electrons. The molecule has 0 aliphatic carbocycles. The molecule has 1 aromatic carbocycles. The molecule has 8 heteroatoms. The van der Waals surface area contributed by atoms with Crippen LogP contribution in [0.2, 0.25) is 0 Å². The molecule has 1 amide bonds. The van der Waals surface area contributed by atoms with E-state index in [4.69, 9.17) is 4.52 Å². The average molecular weight is 338 g/mol. The number of fused-ring (bicyclic) bond motifs is 1. The van der Waals surface area contributed by atoms with Crippen LogP contribution < -0.4 is 5.32 Å². The Morgan fingerprint density at radius 3 is 2.76 bits per heavy atom. The molecule has 1 N–H and O–H groups in total. The van der Waals surface area contributed by atoms with Crippen LogP contribution in [-0.4, -0.2) is 36.9 Å². The minimum Gasteiger partial charge on any atom is -0.347 e. The lowest BCUT2D eigenvalue weighted by molar-refractivity contribution is 0.0927. The monoisotopic (exact) mass is 338 g/mol. The molecule has 1 aliphatic rings. The van der Waals surface area contributed by atoms with E-state index in [1.807, 2.05) is 19.1 Å². The molecule has 0 radical (unpaired) electrons. The summed E-state index contributed by atoms with van der Waals surface area (Å²) in [7, 11) is 0. The van der Waals surface area contributed by atoms with E-state index in [1.54, 1.807) is 19.1 Å². The summed E-state index contributed by atoms with van der Waals surface area (Å²) in [5.74, 6) is 2.81. The summed E-state index contributed by atoms with van der Waals surface area (Å²) in [6.45, 7) is 4.40. The first-order chi connectivity index (χ1) is 12.1. The van der Waals surface area contributed by atoms with E-state index in [0.717, 1.165) is 30.1 Å². The predicted molar refractivity (Wildman–Crippen MR) is 88.8 cm³/mol. The molecule has 1 aliphatic heterocycles. The third kappa shape index (κ3) is 3.02. The molecule has 3 aromatic rings. The highest BCUT2D eigenvalue weighted by atomic mass is 16.5. The highest BCUT2D eigenvalue weighted by Crippen LogP contribution is 2.18. The third-order valence-electron chi connectivity index (χ3n) is 4.39. The summed E-state index contributed by atoms with van der Waals surface area (Å²) in [6, 6.07) is 7.23. The van der Waals surface area contributed by atoms with Crippen LogP contribution in [0.25, 0.3) is 11.5 Å². The largest absolute Gasteiger partial charge is 0.347 e. The summed E-state index contributed by atoms with van der Waals surface area (Å²) < 4.78 is 7.20. The smallest absolute Gasteiger partial charge is 0.257 e. The quantitative estimate of drug-likeness (QED) is 0.780. The number of nitrogens with zero attached hydrogens (tertiary/aromatic N) is 5. The van der Waals surface area contributed by atoms with Gasteiger partial charge in [0.05, 0.1) is 0 Å². The Hall–Kier alpha value is -3.03. The number of hydrogen-bond donors (Lipinski definition) is 1. The van der Waals surface area contributed by atoms with Crippen molar-refractivity contribution >= 4 is 5.91 Å². The summed E-state index contributed by atoms with van der Waals surface area (Å²) >= 11 is 0.